The van der Waals surface area contributed by atoms with Gasteiger partial charge in [0.05, 0.1) is 19.0 Å². The Kier molecular flexibility index (Phi) is 7.19. The first kappa shape index (κ1) is 21.1. The van der Waals surface area contributed by atoms with Crippen molar-refractivity contribution >= 4 is 23.6 Å². The number of amides is 2. The molecule has 0 spiro atoms. The summed E-state index contributed by atoms with van der Waals surface area (Å²) >= 11 is 0. The zero-order chi connectivity index (χ0) is 21.3. The first-order chi connectivity index (χ1) is 14.5. The molecule has 6 heteroatoms. The maximum absolute atomic E-state index is 12.9. The van der Waals surface area contributed by atoms with Crippen LogP contribution >= 0.6 is 0 Å². The number of furan rings is 1. The van der Waals surface area contributed by atoms with Crippen molar-refractivity contribution in [3.05, 3.63) is 95.6 Å². The van der Waals surface area contributed by atoms with Gasteiger partial charge in [-0.2, -0.15) is 0 Å². The maximum Gasteiger partial charge on any atom is 0.272 e. The Hall–Kier alpha value is -3.64. The van der Waals surface area contributed by atoms with Gasteiger partial charge in [-0.1, -0.05) is 30.3 Å². The van der Waals surface area contributed by atoms with Crippen LogP contribution in [0.1, 0.15) is 35.5 Å². The van der Waals surface area contributed by atoms with Crippen LogP contribution in [0.2, 0.25) is 0 Å². The van der Waals surface area contributed by atoms with Crippen molar-refractivity contribution in [2.45, 2.75) is 26.6 Å². The summed E-state index contributed by atoms with van der Waals surface area (Å²) < 4.78 is 10.9. The number of anilines is 1. The quantitative estimate of drug-likeness (QED) is 0.537. The number of benzene rings is 2. The molecule has 0 bridgehead atoms. The van der Waals surface area contributed by atoms with Gasteiger partial charge in [0.2, 0.25) is 0 Å². The molecule has 6 nitrogen and oxygen atoms in total. The Labute approximate surface area is 175 Å². The molecule has 30 heavy (non-hydrogen) atoms. The van der Waals surface area contributed by atoms with Gasteiger partial charge in [-0.25, -0.2) is 0 Å². The average Bonchev–Trinajstić information content (AvgIpc) is 3.26. The predicted octanol–water partition coefficient (Wildman–Crippen LogP) is 4.61. The van der Waals surface area contributed by atoms with Gasteiger partial charge in [0.25, 0.3) is 11.8 Å². The molecule has 0 aliphatic carbocycles. The monoisotopic (exact) mass is 404 g/mol. The summed E-state index contributed by atoms with van der Waals surface area (Å²) in [6, 6.07) is 19.5. The molecule has 0 aliphatic rings. The lowest BCUT2D eigenvalue weighted by atomic mass is 10.2. The normalized spacial score (nSPS) is 11.4. The third kappa shape index (κ3) is 6.18. The summed E-state index contributed by atoms with van der Waals surface area (Å²) in [5, 5.41) is 5.49. The van der Waals surface area contributed by atoms with Gasteiger partial charge in [0, 0.05) is 17.3 Å². The molecule has 2 amide bonds. The molecule has 3 rings (SSSR count). The van der Waals surface area contributed by atoms with Gasteiger partial charge in [-0.15, -0.1) is 0 Å². The molecular weight excluding hydrogens is 380 g/mol. The molecule has 1 heterocycles. The average molecular weight is 404 g/mol. The van der Waals surface area contributed by atoms with Crippen molar-refractivity contribution in [3.63, 3.8) is 0 Å². The largest absolute Gasteiger partial charge is 0.465 e. The molecule has 1 aromatic heterocycles. The molecule has 3 aromatic rings. The van der Waals surface area contributed by atoms with E-state index in [0.717, 1.165) is 5.56 Å². The summed E-state index contributed by atoms with van der Waals surface area (Å²) in [5.74, 6) is -0.396. The van der Waals surface area contributed by atoms with Gasteiger partial charge in [-0.3, -0.25) is 9.59 Å². The van der Waals surface area contributed by atoms with Crippen molar-refractivity contribution in [1.82, 2.24) is 5.32 Å². The van der Waals surface area contributed by atoms with E-state index in [1.807, 2.05) is 38.1 Å². The van der Waals surface area contributed by atoms with Crippen molar-refractivity contribution in [2.24, 2.45) is 0 Å². The number of hydrogen-bond donors (Lipinski definition) is 2. The lowest BCUT2D eigenvalue weighted by Crippen LogP contribution is -2.30. The number of carbonyl (C=O) groups is 2. The summed E-state index contributed by atoms with van der Waals surface area (Å²) in [6.45, 7) is 4.38. The van der Waals surface area contributed by atoms with Gasteiger partial charge in [0.1, 0.15) is 11.5 Å². The molecule has 0 radical (unpaired) electrons. The molecule has 0 aliphatic heterocycles. The molecule has 154 valence electrons. The minimum Gasteiger partial charge on any atom is -0.465 e. The van der Waals surface area contributed by atoms with Crippen molar-refractivity contribution in [2.75, 3.05) is 5.32 Å². The fourth-order valence-corrected chi connectivity index (χ4v) is 2.66. The highest BCUT2D eigenvalue weighted by molar-refractivity contribution is 6.10. The maximum atomic E-state index is 12.9. The van der Waals surface area contributed by atoms with E-state index in [9.17, 15) is 9.59 Å². The van der Waals surface area contributed by atoms with Crippen LogP contribution in [0.5, 0.6) is 0 Å². The summed E-state index contributed by atoms with van der Waals surface area (Å²) in [7, 11) is 0. The Morgan fingerprint density at radius 1 is 1.03 bits per heavy atom. The lowest BCUT2D eigenvalue weighted by molar-refractivity contribution is -0.113. The second-order valence-electron chi connectivity index (χ2n) is 6.91. The van der Waals surface area contributed by atoms with E-state index in [2.05, 4.69) is 10.6 Å². The molecule has 2 N–H and O–H groups in total. The van der Waals surface area contributed by atoms with E-state index in [1.165, 1.54) is 12.3 Å². The zero-order valence-corrected chi connectivity index (χ0v) is 16.9. The molecular formula is C24H24N2O4. The van der Waals surface area contributed by atoms with Crippen LogP contribution in [0.15, 0.2) is 83.1 Å². The Morgan fingerprint density at radius 3 is 2.53 bits per heavy atom. The molecule has 0 unspecified atom stereocenters. The minimum absolute atomic E-state index is 0.0719. The van der Waals surface area contributed by atoms with Gasteiger partial charge in [0.15, 0.2) is 0 Å². The van der Waals surface area contributed by atoms with E-state index in [-0.39, 0.29) is 17.7 Å². The summed E-state index contributed by atoms with van der Waals surface area (Å²) in [6.07, 6.45) is 3.10. The topological polar surface area (TPSA) is 80.6 Å². The number of nitrogens with one attached hydrogen (secondary N) is 2. The predicted molar refractivity (Wildman–Crippen MR) is 116 cm³/mol. The highest BCUT2D eigenvalue weighted by Crippen LogP contribution is 2.15. The third-order valence-corrected chi connectivity index (χ3v) is 4.13. The van der Waals surface area contributed by atoms with Crippen molar-refractivity contribution in [3.8, 4) is 0 Å². The Morgan fingerprint density at radius 2 is 1.83 bits per heavy atom. The summed E-state index contributed by atoms with van der Waals surface area (Å²) in [4.78, 5) is 25.5. The Bertz CT molecular complexity index is 1010. The van der Waals surface area contributed by atoms with E-state index in [1.54, 1.807) is 42.5 Å². The molecule has 2 aromatic carbocycles. The fraction of sp³-hybridized carbons (Fsp3) is 0.167. The van der Waals surface area contributed by atoms with Crippen LogP contribution in [-0.2, 0) is 16.1 Å². The van der Waals surface area contributed by atoms with Crippen molar-refractivity contribution < 1.29 is 18.7 Å². The number of carbonyl (C=O) groups excluding carboxylic acids is 2. The SMILES string of the molecule is CC(C)OCc1cccc(NC(=O)C(=Cc2ccco2)NC(=O)c2ccccc2)c1. The van der Waals surface area contributed by atoms with Crippen LogP contribution in [0, 0.1) is 0 Å². The minimum atomic E-state index is -0.461. The van der Waals surface area contributed by atoms with Gasteiger partial charge >= 0.3 is 0 Å². The number of hydrogen-bond acceptors (Lipinski definition) is 4. The van der Waals surface area contributed by atoms with Crippen LogP contribution in [0.25, 0.3) is 6.08 Å². The molecule has 0 fully saturated rings. The van der Waals surface area contributed by atoms with E-state index < -0.39 is 5.91 Å². The van der Waals surface area contributed by atoms with Crippen molar-refractivity contribution in [1.29, 1.82) is 0 Å². The first-order valence-electron chi connectivity index (χ1n) is 9.65. The standard InChI is InChI=1S/C24H24N2O4/c1-17(2)30-16-18-8-6-11-20(14-18)25-24(28)22(15-21-12-7-13-29-21)26-23(27)19-9-4-3-5-10-19/h3-15,17H,16H2,1-2H3,(H,25,28)(H,26,27). The van der Waals surface area contributed by atoms with E-state index >= 15 is 0 Å². The van der Waals surface area contributed by atoms with Crippen LogP contribution < -0.4 is 10.6 Å². The lowest BCUT2D eigenvalue weighted by Gasteiger charge is -2.12. The van der Waals surface area contributed by atoms with Crippen LogP contribution in [0.3, 0.4) is 0 Å². The van der Waals surface area contributed by atoms with E-state index in [4.69, 9.17) is 9.15 Å². The Balaban J connectivity index is 1.77. The molecule has 0 saturated heterocycles. The van der Waals surface area contributed by atoms with Gasteiger partial charge < -0.3 is 19.8 Å². The van der Waals surface area contributed by atoms with Crippen LogP contribution in [-0.4, -0.2) is 17.9 Å². The highest BCUT2D eigenvalue weighted by Gasteiger charge is 2.16. The second-order valence-corrected chi connectivity index (χ2v) is 6.91. The fourth-order valence-electron chi connectivity index (χ4n) is 2.66. The molecule has 0 atom stereocenters. The number of rotatable bonds is 8. The zero-order valence-electron chi connectivity index (χ0n) is 16.9. The van der Waals surface area contributed by atoms with Crippen LogP contribution in [0.4, 0.5) is 5.69 Å². The number of ether oxygens (including phenoxy) is 1. The first-order valence-corrected chi connectivity index (χ1v) is 9.65. The second kappa shape index (κ2) is 10.2. The summed E-state index contributed by atoms with van der Waals surface area (Å²) in [5.41, 5.74) is 2.06. The van der Waals surface area contributed by atoms with E-state index in [0.29, 0.717) is 23.6 Å². The van der Waals surface area contributed by atoms with Gasteiger partial charge in [-0.05, 0) is 55.8 Å². The smallest absolute Gasteiger partial charge is 0.272 e. The third-order valence-electron chi connectivity index (χ3n) is 4.13. The molecule has 0 saturated carbocycles. The highest BCUT2D eigenvalue weighted by atomic mass is 16.5.